The van der Waals surface area contributed by atoms with Crippen LogP contribution >= 0.6 is 0 Å². The molecule has 3 aromatic rings. The van der Waals surface area contributed by atoms with Crippen LogP contribution in [-0.4, -0.2) is 48.4 Å². The van der Waals surface area contributed by atoms with Crippen molar-refractivity contribution in [3.8, 4) is 0 Å². The Hall–Kier alpha value is -2.87. The number of piperidine rings is 1. The van der Waals surface area contributed by atoms with Gasteiger partial charge in [0.25, 0.3) is 5.91 Å². The normalized spacial score (nSPS) is 26.2. The molecule has 0 saturated carbocycles. The number of hydrogen-bond acceptors (Lipinski definition) is 4. The second kappa shape index (κ2) is 6.59. The molecule has 29 heavy (non-hydrogen) atoms. The highest BCUT2D eigenvalue weighted by molar-refractivity contribution is 5.96. The van der Waals surface area contributed by atoms with E-state index < -0.39 is 17.2 Å². The van der Waals surface area contributed by atoms with Crippen LogP contribution in [0.4, 0.5) is 8.78 Å². The van der Waals surface area contributed by atoms with E-state index in [1.807, 2.05) is 4.90 Å². The summed E-state index contributed by atoms with van der Waals surface area (Å²) in [5, 5.41) is 18.9. The molecular weight excluding hydrogens is 378 g/mol. The molecule has 0 aliphatic carbocycles. The number of hydrogen-bond donors (Lipinski definition) is 1. The van der Waals surface area contributed by atoms with E-state index in [2.05, 4.69) is 10.3 Å². The zero-order valence-electron chi connectivity index (χ0n) is 15.6. The van der Waals surface area contributed by atoms with Gasteiger partial charge in [0.05, 0.1) is 17.3 Å². The smallest absolute Gasteiger partial charge is 0.254 e. The quantitative estimate of drug-likeness (QED) is 0.737. The number of halogens is 2. The average Bonchev–Trinajstić information content (AvgIpc) is 3.26. The number of pyridine rings is 1. The van der Waals surface area contributed by atoms with Crippen LogP contribution in [0.5, 0.6) is 0 Å². The molecule has 2 aromatic heterocycles. The minimum atomic E-state index is -1.11. The number of rotatable bonds is 3. The lowest BCUT2D eigenvalue weighted by molar-refractivity contribution is -0.0431. The summed E-state index contributed by atoms with van der Waals surface area (Å²) in [6, 6.07) is 6.71. The van der Waals surface area contributed by atoms with E-state index >= 15 is 0 Å². The van der Waals surface area contributed by atoms with Crippen LogP contribution in [0.3, 0.4) is 0 Å². The molecule has 5 rings (SSSR count). The van der Waals surface area contributed by atoms with Crippen molar-refractivity contribution in [3.05, 3.63) is 65.5 Å². The van der Waals surface area contributed by atoms with Gasteiger partial charge in [-0.2, -0.15) is 0 Å². The fourth-order valence-corrected chi connectivity index (χ4v) is 4.93. The van der Waals surface area contributed by atoms with Crippen molar-refractivity contribution in [3.63, 3.8) is 0 Å². The summed E-state index contributed by atoms with van der Waals surface area (Å²) >= 11 is 0. The molecule has 4 heterocycles. The number of fused-ring (bicyclic) bond motifs is 3. The van der Waals surface area contributed by atoms with Gasteiger partial charge in [0.15, 0.2) is 0 Å². The van der Waals surface area contributed by atoms with Crippen molar-refractivity contribution in [2.45, 2.75) is 49.8 Å². The van der Waals surface area contributed by atoms with Crippen molar-refractivity contribution in [1.29, 1.82) is 0 Å². The van der Waals surface area contributed by atoms with Crippen LogP contribution < -0.4 is 0 Å². The van der Waals surface area contributed by atoms with E-state index in [9.17, 15) is 18.7 Å². The standard InChI is InChI=1S/C21H20F2N4O2/c22-15-2-1-14(19(23)8-15)9-21(29)10-16-3-4-17(11-21)27(16)20(28)13-5-6-26-18(7-13)12-24-25-26/h1-2,5-8,12,16-17,29H,3-4,9-11H2. The fraction of sp³-hybridized carbons (Fsp3) is 0.381. The van der Waals surface area contributed by atoms with Crippen LogP contribution in [0.25, 0.3) is 5.52 Å². The van der Waals surface area contributed by atoms with Crippen molar-refractivity contribution in [2.75, 3.05) is 0 Å². The lowest BCUT2D eigenvalue weighted by Crippen LogP contribution is -2.54. The molecule has 1 aromatic carbocycles. The van der Waals surface area contributed by atoms with E-state index in [-0.39, 0.29) is 24.4 Å². The number of benzene rings is 1. The molecule has 2 aliphatic rings. The molecular formula is C21H20F2N4O2. The Balaban J connectivity index is 1.37. The van der Waals surface area contributed by atoms with Gasteiger partial charge in [0, 0.05) is 36.3 Å². The summed E-state index contributed by atoms with van der Waals surface area (Å²) in [5.74, 6) is -1.35. The van der Waals surface area contributed by atoms with Crippen molar-refractivity contribution < 1.29 is 18.7 Å². The topological polar surface area (TPSA) is 70.7 Å². The molecule has 2 unspecified atom stereocenters. The molecule has 1 amide bonds. The van der Waals surface area contributed by atoms with Gasteiger partial charge in [-0.25, -0.2) is 13.3 Å². The third-order valence-corrected chi connectivity index (χ3v) is 6.17. The van der Waals surface area contributed by atoms with Crippen molar-refractivity contribution >= 4 is 11.4 Å². The molecule has 1 N–H and O–H groups in total. The molecule has 2 fully saturated rings. The van der Waals surface area contributed by atoms with Gasteiger partial charge >= 0.3 is 0 Å². The number of aliphatic hydroxyl groups is 1. The van der Waals surface area contributed by atoms with Crippen LogP contribution in [0.1, 0.15) is 41.6 Å². The maximum absolute atomic E-state index is 14.1. The van der Waals surface area contributed by atoms with Gasteiger partial charge in [0.2, 0.25) is 0 Å². The lowest BCUT2D eigenvalue weighted by Gasteiger charge is -2.44. The Kier molecular flexibility index (Phi) is 4.13. The van der Waals surface area contributed by atoms with Gasteiger partial charge in [-0.3, -0.25) is 4.79 Å². The number of amides is 1. The van der Waals surface area contributed by atoms with Gasteiger partial charge in [-0.15, -0.1) is 5.10 Å². The Morgan fingerprint density at radius 3 is 2.66 bits per heavy atom. The number of aromatic nitrogens is 3. The molecule has 2 aliphatic heterocycles. The largest absolute Gasteiger partial charge is 0.389 e. The highest BCUT2D eigenvalue weighted by Crippen LogP contribution is 2.43. The molecule has 8 heteroatoms. The highest BCUT2D eigenvalue weighted by atomic mass is 19.1. The van der Waals surface area contributed by atoms with Gasteiger partial charge in [-0.1, -0.05) is 11.3 Å². The predicted octanol–water partition coefficient (Wildman–Crippen LogP) is 2.75. The SMILES string of the molecule is O=C(c1ccn2nncc2c1)N1C2CCC1CC(O)(Cc1ccc(F)cc1F)C2. The first kappa shape index (κ1) is 18.2. The lowest BCUT2D eigenvalue weighted by atomic mass is 9.81. The van der Waals surface area contributed by atoms with Gasteiger partial charge in [-0.05, 0) is 49.4 Å². The third-order valence-electron chi connectivity index (χ3n) is 6.17. The molecule has 150 valence electrons. The summed E-state index contributed by atoms with van der Waals surface area (Å²) in [7, 11) is 0. The summed E-state index contributed by atoms with van der Waals surface area (Å²) in [6.07, 6.45) is 5.78. The van der Waals surface area contributed by atoms with Gasteiger partial charge in [0.1, 0.15) is 11.6 Å². The summed E-state index contributed by atoms with van der Waals surface area (Å²) in [4.78, 5) is 15.0. The van der Waals surface area contributed by atoms with Crippen molar-refractivity contribution in [1.82, 2.24) is 19.7 Å². The molecule has 2 atom stereocenters. The van der Waals surface area contributed by atoms with E-state index in [4.69, 9.17) is 0 Å². The van der Waals surface area contributed by atoms with E-state index in [0.717, 1.165) is 24.4 Å². The molecule has 2 saturated heterocycles. The molecule has 0 radical (unpaired) electrons. The Morgan fingerprint density at radius 1 is 1.17 bits per heavy atom. The maximum atomic E-state index is 14.1. The first-order chi connectivity index (χ1) is 13.9. The number of nitrogens with zero attached hydrogens (tertiary/aromatic N) is 4. The van der Waals surface area contributed by atoms with Gasteiger partial charge < -0.3 is 10.0 Å². The molecule has 0 spiro atoms. The zero-order chi connectivity index (χ0) is 20.2. The van der Waals surface area contributed by atoms with Crippen LogP contribution in [0, 0.1) is 11.6 Å². The predicted molar refractivity (Wildman–Crippen MR) is 100 cm³/mol. The first-order valence-electron chi connectivity index (χ1n) is 9.71. The average molecular weight is 398 g/mol. The highest BCUT2D eigenvalue weighted by Gasteiger charge is 2.49. The Morgan fingerprint density at radius 2 is 1.93 bits per heavy atom. The van der Waals surface area contributed by atoms with E-state index in [1.165, 1.54) is 12.1 Å². The second-order valence-electron chi connectivity index (χ2n) is 8.16. The van der Waals surface area contributed by atoms with Crippen LogP contribution in [-0.2, 0) is 6.42 Å². The second-order valence-corrected chi connectivity index (χ2v) is 8.16. The minimum absolute atomic E-state index is 0.0730. The monoisotopic (exact) mass is 398 g/mol. The minimum Gasteiger partial charge on any atom is -0.389 e. The van der Waals surface area contributed by atoms with Crippen LogP contribution in [0.2, 0.25) is 0 Å². The number of carbonyl (C=O) groups excluding carboxylic acids is 1. The Labute approximate surface area is 165 Å². The Bertz CT molecular complexity index is 1090. The number of carbonyl (C=O) groups is 1. The summed E-state index contributed by atoms with van der Waals surface area (Å²) in [6.45, 7) is 0. The van der Waals surface area contributed by atoms with Crippen molar-refractivity contribution in [2.24, 2.45) is 0 Å². The van der Waals surface area contributed by atoms with E-state index in [0.29, 0.717) is 24.0 Å². The maximum Gasteiger partial charge on any atom is 0.254 e. The first-order valence-corrected chi connectivity index (χ1v) is 9.71. The third kappa shape index (κ3) is 3.17. The zero-order valence-corrected chi connectivity index (χ0v) is 15.6. The summed E-state index contributed by atoms with van der Waals surface area (Å²) < 4.78 is 28.9. The van der Waals surface area contributed by atoms with Crippen LogP contribution in [0.15, 0.2) is 42.7 Å². The van der Waals surface area contributed by atoms with E-state index in [1.54, 1.807) is 29.0 Å². The molecule has 6 nitrogen and oxygen atoms in total. The fourth-order valence-electron chi connectivity index (χ4n) is 4.93. The molecule has 2 bridgehead atoms. The summed E-state index contributed by atoms with van der Waals surface area (Å²) in [5.41, 5.74) is 0.489.